The second kappa shape index (κ2) is 17.8. The van der Waals surface area contributed by atoms with Crippen LogP contribution in [0.1, 0.15) is 90.9 Å². The fraction of sp³-hybridized carbons (Fsp3) is 0.727. The molecule has 0 spiro atoms. The lowest BCUT2D eigenvalue weighted by Crippen LogP contribution is -2.47. The molecule has 3 N–H and O–H groups in total. The summed E-state index contributed by atoms with van der Waals surface area (Å²) in [4.78, 5) is 22.6. The molecule has 0 aliphatic heterocycles. The molecule has 27 heavy (non-hydrogen) atoms. The number of aliphatic hydroxyl groups excluding tert-OH is 1. The molecule has 0 aromatic rings. The average molecular weight is 382 g/mol. The van der Waals surface area contributed by atoms with E-state index in [0.717, 1.165) is 44.9 Å². The number of aliphatic hydroxyl groups is 1. The SMILES string of the molecule is CCCCC/C=C/C/C=C/CCCCCCCC(=O)NC(C(=O)O)C(C)O. The van der Waals surface area contributed by atoms with Crippen LogP contribution >= 0.6 is 0 Å². The van der Waals surface area contributed by atoms with Crippen LogP contribution in [0.25, 0.3) is 0 Å². The molecule has 0 fully saturated rings. The van der Waals surface area contributed by atoms with Crippen LogP contribution in [0.5, 0.6) is 0 Å². The largest absolute Gasteiger partial charge is 0.480 e. The highest BCUT2D eigenvalue weighted by Gasteiger charge is 2.24. The molecule has 0 bridgehead atoms. The van der Waals surface area contributed by atoms with Crippen molar-refractivity contribution in [1.29, 1.82) is 0 Å². The second-order valence-corrected chi connectivity index (χ2v) is 7.10. The van der Waals surface area contributed by atoms with E-state index < -0.39 is 18.1 Å². The van der Waals surface area contributed by atoms with Crippen molar-refractivity contribution in [2.45, 2.75) is 103 Å². The number of carboxylic acids is 1. The summed E-state index contributed by atoms with van der Waals surface area (Å²) in [6.45, 7) is 3.58. The smallest absolute Gasteiger partial charge is 0.328 e. The van der Waals surface area contributed by atoms with E-state index in [4.69, 9.17) is 5.11 Å². The van der Waals surface area contributed by atoms with E-state index in [0.29, 0.717) is 6.42 Å². The second-order valence-electron chi connectivity index (χ2n) is 7.10. The first-order valence-electron chi connectivity index (χ1n) is 10.5. The summed E-state index contributed by atoms with van der Waals surface area (Å²) in [5.74, 6) is -1.52. The molecule has 0 heterocycles. The predicted octanol–water partition coefficient (Wildman–Crippen LogP) is 4.75. The van der Waals surface area contributed by atoms with Crippen LogP contribution in [0.2, 0.25) is 0 Å². The number of carbonyl (C=O) groups excluding carboxylic acids is 1. The lowest BCUT2D eigenvalue weighted by atomic mass is 10.1. The van der Waals surface area contributed by atoms with Gasteiger partial charge in [0.05, 0.1) is 6.10 Å². The summed E-state index contributed by atoms with van der Waals surface area (Å²) in [5, 5.41) is 20.6. The van der Waals surface area contributed by atoms with Crippen LogP contribution in [-0.2, 0) is 9.59 Å². The van der Waals surface area contributed by atoms with Crippen molar-refractivity contribution in [2.24, 2.45) is 0 Å². The quantitative estimate of drug-likeness (QED) is 0.251. The van der Waals surface area contributed by atoms with E-state index in [-0.39, 0.29) is 5.91 Å². The van der Waals surface area contributed by atoms with Gasteiger partial charge in [0.25, 0.3) is 0 Å². The number of rotatable bonds is 17. The minimum absolute atomic E-state index is 0.307. The number of aliphatic carboxylic acids is 1. The topological polar surface area (TPSA) is 86.6 Å². The number of amides is 1. The van der Waals surface area contributed by atoms with Gasteiger partial charge < -0.3 is 15.5 Å². The van der Waals surface area contributed by atoms with E-state index in [9.17, 15) is 14.7 Å². The maximum Gasteiger partial charge on any atom is 0.328 e. The van der Waals surface area contributed by atoms with Gasteiger partial charge in [-0.2, -0.15) is 0 Å². The van der Waals surface area contributed by atoms with Gasteiger partial charge in [-0.1, -0.05) is 63.3 Å². The first-order valence-corrected chi connectivity index (χ1v) is 10.5. The fourth-order valence-electron chi connectivity index (χ4n) is 2.73. The number of carbonyl (C=O) groups is 2. The molecule has 0 radical (unpaired) electrons. The molecule has 0 aliphatic carbocycles. The van der Waals surface area contributed by atoms with E-state index in [2.05, 4.69) is 36.5 Å². The Hall–Kier alpha value is -1.62. The van der Waals surface area contributed by atoms with Crippen molar-refractivity contribution < 1.29 is 19.8 Å². The van der Waals surface area contributed by atoms with Crippen molar-refractivity contribution in [1.82, 2.24) is 5.32 Å². The zero-order valence-electron chi connectivity index (χ0n) is 17.2. The molecule has 2 atom stereocenters. The summed E-state index contributed by atoms with van der Waals surface area (Å²) >= 11 is 0. The zero-order valence-corrected chi connectivity index (χ0v) is 17.2. The minimum atomic E-state index is -1.23. The van der Waals surface area contributed by atoms with Crippen molar-refractivity contribution in [3.05, 3.63) is 24.3 Å². The third-order valence-corrected chi connectivity index (χ3v) is 4.42. The van der Waals surface area contributed by atoms with Crippen LogP contribution in [0, 0.1) is 0 Å². The van der Waals surface area contributed by atoms with Gasteiger partial charge in [-0.25, -0.2) is 4.79 Å². The van der Waals surface area contributed by atoms with Gasteiger partial charge in [0.15, 0.2) is 6.04 Å². The monoisotopic (exact) mass is 381 g/mol. The van der Waals surface area contributed by atoms with Gasteiger partial charge in [-0.3, -0.25) is 4.79 Å². The van der Waals surface area contributed by atoms with Gasteiger partial charge >= 0.3 is 5.97 Å². The molecule has 5 heteroatoms. The van der Waals surface area contributed by atoms with Crippen LogP contribution in [-0.4, -0.2) is 34.2 Å². The standard InChI is InChI=1S/C22H39NO4/c1-3-4-5-6-7-8-9-10-11-12-13-14-15-16-17-18-20(25)23-21(19(2)24)22(26)27/h7-8,10-11,19,21,24H,3-6,9,12-18H2,1-2H3,(H,23,25)(H,26,27)/b8-7+,11-10+. The summed E-state index contributed by atoms with van der Waals surface area (Å²) in [5.41, 5.74) is 0. The number of hydrogen-bond acceptors (Lipinski definition) is 3. The number of nitrogens with one attached hydrogen (secondary N) is 1. The van der Waals surface area contributed by atoms with E-state index in [1.54, 1.807) is 0 Å². The zero-order chi connectivity index (χ0) is 20.3. The minimum Gasteiger partial charge on any atom is -0.480 e. The Kier molecular flexibility index (Phi) is 16.7. The van der Waals surface area contributed by atoms with Crippen LogP contribution in [0.4, 0.5) is 0 Å². The van der Waals surface area contributed by atoms with Crippen molar-refractivity contribution in [2.75, 3.05) is 0 Å². The van der Waals surface area contributed by atoms with E-state index >= 15 is 0 Å². The Bertz CT molecular complexity index is 444. The Labute approximate surface area is 164 Å². The maximum atomic E-state index is 11.7. The Morgan fingerprint density at radius 1 is 0.889 bits per heavy atom. The molecular formula is C22H39NO4. The third kappa shape index (κ3) is 16.3. The molecule has 0 aliphatic rings. The molecule has 0 saturated heterocycles. The predicted molar refractivity (Wildman–Crippen MR) is 111 cm³/mol. The highest BCUT2D eigenvalue weighted by Crippen LogP contribution is 2.08. The summed E-state index contributed by atoms with van der Waals surface area (Å²) in [6, 6.07) is -1.23. The number of unbranched alkanes of at least 4 members (excludes halogenated alkanes) is 8. The first kappa shape index (κ1) is 25.4. The number of allylic oxidation sites excluding steroid dienone is 4. The van der Waals surface area contributed by atoms with Crippen LogP contribution < -0.4 is 5.32 Å². The summed E-state index contributed by atoms with van der Waals surface area (Å²) in [6.07, 6.45) is 20.5. The molecule has 1 amide bonds. The van der Waals surface area contributed by atoms with Crippen LogP contribution in [0.3, 0.4) is 0 Å². The summed E-state index contributed by atoms with van der Waals surface area (Å²) < 4.78 is 0. The van der Waals surface area contributed by atoms with Gasteiger partial charge in [0, 0.05) is 6.42 Å². The third-order valence-electron chi connectivity index (χ3n) is 4.42. The molecule has 0 rings (SSSR count). The molecule has 156 valence electrons. The first-order chi connectivity index (χ1) is 13.0. The fourth-order valence-corrected chi connectivity index (χ4v) is 2.73. The summed E-state index contributed by atoms with van der Waals surface area (Å²) in [7, 11) is 0. The van der Waals surface area contributed by atoms with Gasteiger partial charge in [-0.05, 0) is 45.4 Å². The molecule has 0 saturated carbocycles. The van der Waals surface area contributed by atoms with Crippen molar-refractivity contribution >= 4 is 11.9 Å². The van der Waals surface area contributed by atoms with Crippen molar-refractivity contribution in [3.63, 3.8) is 0 Å². The van der Waals surface area contributed by atoms with E-state index in [1.165, 1.54) is 32.6 Å². The molecule has 0 aromatic carbocycles. The van der Waals surface area contributed by atoms with Gasteiger partial charge in [-0.15, -0.1) is 0 Å². The Morgan fingerprint density at radius 2 is 1.44 bits per heavy atom. The molecule has 0 aromatic heterocycles. The lowest BCUT2D eigenvalue weighted by molar-refractivity contribution is -0.144. The van der Waals surface area contributed by atoms with Gasteiger partial charge in [0.1, 0.15) is 0 Å². The van der Waals surface area contributed by atoms with E-state index in [1.807, 2.05) is 0 Å². The molecular weight excluding hydrogens is 342 g/mol. The highest BCUT2D eigenvalue weighted by atomic mass is 16.4. The lowest BCUT2D eigenvalue weighted by Gasteiger charge is -2.16. The van der Waals surface area contributed by atoms with Gasteiger partial charge in [0.2, 0.25) is 5.91 Å². The molecule has 5 nitrogen and oxygen atoms in total. The Balaban J connectivity index is 3.52. The van der Waals surface area contributed by atoms with Crippen LogP contribution in [0.15, 0.2) is 24.3 Å². The Morgan fingerprint density at radius 3 is 2.00 bits per heavy atom. The normalized spacial score (nSPS) is 13.9. The molecule has 2 unspecified atom stereocenters. The number of carboxylic acid groups (broad SMARTS) is 1. The average Bonchev–Trinajstić information content (AvgIpc) is 2.62. The number of hydrogen-bond donors (Lipinski definition) is 3. The highest BCUT2D eigenvalue weighted by molar-refractivity contribution is 5.83. The maximum absolute atomic E-state index is 11.7. The van der Waals surface area contributed by atoms with Crippen molar-refractivity contribution in [3.8, 4) is 0 Å².